The number of halogens is 1. The Balaban J connectivity index is 0.00000196. The van der Waals surface area contributed by atoms with Crippen LogP contribution in [0.25, 0.3) is 0 Å². The normalized spacial score (nSPS) is 25.1. The zero-order valence-electron chi connectivity index (χ0n) is 8.46. The van der Waals surface area contributed by atoms with Gasteiger partial charge in [-0.25, -0.2) is 0 Å². The van der Waals surface area contributed by atoms with Crippen molar-refractivity contribution >= 4 is 18.4 Å². The van der Waals surface area contributed by atoms with Crippen molar-refractivity contribution in [2.24, 2.45) is 11.7 Å². The van der Waals surface area contributed by atoms with Crippen molar-refractivity contribution in [1.29, 1.82) is 0 Å². The number of aliphatic hydroxyl groups is 1. The SMILES string of the molecule is Cl.NC(CC(O)C1CCCOC1)C(=O)O. The van der Waals surface area contributed by atoms with Crippen molar-refractivity contribution in [2.75, 3.05) is 13.2 Å². The number of carboxylic acid groups (broad SMARTS) is 1. The van der Waals surface area contributed by atoms with E-state index < -0.39 is 18.1 Å². The molecule has 0 spiro atoms. The van der Waals surface area contributed by atoms with Gasteiger partial charge in [0.2, 0.25) is 0 Å². The number of aliphatic carboxylic acids is 1. The Hall–Kier alpha value is -0.360. The third-order valence-electron chi connectivity index (χ3n) is 2.55. The monoisotopic (exact) mass is 239 g/mol. The van der Waals surface area contributed by atoms with Gasteiger partial charge in [0, 0.05) is 12.5 Å². The van der Waals surface area contributed by atoms with Gasteiger partial charge in [-0.15, -0.1) is 12.4 Å². The zero-order valence-corrected chi connectivity index (χ0v) is 9.28. The van der Waals surface area contributed by atoms with Crippen LogP contribution in [0.3, 0.4) is 0 Å². The molecule has 1 aliphatic heterocycles. The molecule has 1 heterocycles. The highest BCUT2D eigenvalue weighted by atomic mass is 35.5. The van der Waals surface area contributed by atoms with E-state index in [9.17, 15) is 9.90 Å². The Morgan fingerprint density at radius 2 is 2.27 bits per heavy atom. The molecule has 0 radical (unpaired) electrons. The van der Waals surface area contributed by atoms with E-state index in [0.29, 0.717) is 6.61 Å². The van der Waals surface area contributed by atoms with Crippen LogP contribution in [0.4, 0.5) is 0 Å². The maximum absolute atomic E-state index is 10.5. The first-order valence-corrected chi connectivity index (χ1v) is 4.85. The lowest BCUT2D eigenvalue weighted by Crippen LogP contribution is -2.38. The summed E-state index contributed by atoms with van der Waals surface area (Å²) in [5, 5.41) is 18.2. The number of ether oxygens (including phenoxy) is 1. The Labute approximate surface area is 95.0 Å². The highest BCUT2D eigenvalue weighted by Crippen LogP contribution is 2.19. The number of carboxylic acids is 1. The summed E-state index contributed by atoms with van der Waals surface area (Å²) in [4.78, 5) is 10.5. The molecule has 3 unspecified atom stereocenters. The summed E-state index contributed by atoms with van der Waals surface area (Å²) in [6.45, 7) is 1.24. The molecule has 0 aromatic heterocycles. The number of nitrogens with two attached hydrogens (primary N) is 1. The molecule has 0 aliphatic carbocycles. The molecule has 0 amide bonds. The number of hydrogen-bond acceptors (Lipinski definition) is 4. The van der Waals surface area contributed by atoms with Crippen LogP contribution in [0.1, 0.15) is 19.3 Å². The molecule has 5 nitrogen and oxygen atoms in total. The summed E-state index contributed by atoms with van der Waals surface area (Å²) in [6.07, 6.45) is 1.24. The van der Waals surface area contributed by atoms with Crippen LogP contribution in [-0.2, 0) is 9.53 Å². The largest absolute Gasteiger partial charge is 0.480 e. The average Bonchev–Trinajstić information content (AvgIpc) is 2.19. The fourth-order valence-corrected chi connectivity index (χ4v) is 1.62. The molecular weight excluding hydrogens is 222 g/mol. The Morgan fingerprint density at radius 1 is 1.60 bits per heavy atom. The van der Waals surface area contributed by atoms with Crippen LogP contribution in [-0.4, -0.2) is 41.5 Å². The average molecular weight is 240 g/mol. The van der Waals surface area contributed by atoms with Gasteiger partial charge >= 0.3 is 5.97 Å². The third-order valence-corrected chi connectivity index (χ3v) is 2.55. The molecule has 1 fully saturated rings. The Morgan fingerprint density at radius 3 is 2.73 bits per heavy atom. The van der Waals surface area contributed by atoms with Crippen molar-refractivity contribution in [1.82, 2.24) is 0 Å². The van der Waals surface area contributed by atoms with Gasteiger partial charge in [0.1, 0.15) is 6.04 Å². The lowest BCUT2D eigenvalue weighted by atomic mass is 9.92. The number of rotatable bonds is 4. The first-order valence-electron chi connectivity index (χ1n) is 4.85. The first-order chi connectivity index (χ1) is 6.61. The smallest absolute Gasteiger partial charge is 0.320 e. The zero-order chi connectivity index (χ0) is 10.6. The fraction of sp³-hybridized carbons (Fsp3) is 0.889. The molecule has 1 rings (SSSR count). The minimum atomic E-state index is -1.07. The minimum Gasteiger partial charge on any atom is -0.480 e. The Bertz CT molecular complexity index is 197. The van der Waals surface area contributed by atoms with Crippen LogP contribution in [0.5, 0.6) is 0 Å². The summed E-state index contributed by atoms with van der Waals surface area (Å²) in [5.41, 5.74) is 5.32. The van der Waals surface area contributed by atoms with Crippen LogP contribution in [0.2, 0.25) is 0 Å². The van der Waals surface area contributed by atoms with Crippen molar-refractivity contribution in [3.8, 4) is 0 Å². The highest BCUT2D eigenvalue weighted by molar-refractivity contribution is 5.85. The highest BCUT2D eigenvalue weighted by Gasteiger charge is 2.26. The number of carbonyl (C=O) groups is 1. The topological polar surface area (TPSA) is 92.8 Å². The summed E-state index contributed by atoms with van der Waals surface area (Å²) in [7, 11) is 0. The molecule has 0 aromatic carbocycles. The first kappa shape index (κ1) is 14.6. The van der Waals surface area contributed by atoms with E-state index >= 15 is 0 Å². The minimum absolute atomic E-state index is 0. The van der Waals surface area contributed by atoms with Crippen molar-refractivity contribution in [3.63, 3.8) is 0 Å². The van der Waals surface area contributed by atoms with E-state index in [1.54, 1.807) is 0 Å². The van der Waals surface area contributed by atoms with Crippen LogP contribution >= 0.6 is 12.4 Å². The maximum Gasteiger partial charge on any atom is 0.320 e. The van der Waals surface area contributed by atoms with Gasteiger partial charge in [-0.1, -0.05) is 0 Å². The van der Waals surface area contributed by atoms with Crippen LogP contribution < -0.4 is 5.73 Å². The van der Waals surface area contributed by atoms with Crippen LogP contribution in [0, 0.1) is 5.92 Å². The quantitative estimate of drug-likeness (QED) is 0.642. The van der Waals surface area contributed by atoms with Crippen molar-refractivity contribution < 1.29 is 19.7 Å². The predicted molar refractivity (Wildman–Crippen MR) is 57.0 cm³/mol. The van der Waals surface area contributed by atoms with E-state index in [0.717, 1.165) is 19.4 Å². The molecule has 90 valence electrons. The lowest BCUT2D eigenvalue weighted by Gasteiger charge is -2.27. The van der Waals surface area contributed by atoms with Crippen molar-refractivity contribution in [3.05, 3.63) is 0 Å². The van der Waals surface area contributed by atoms with Gasteiger partial charge in [-0.05, 0) is 19.3 Å². The van der Waals surface area contributed by atoms with E-state index in [4.69, 9.17) is 15.6 Å². The van der Waals surface area contributed by atoms with E-state index in [1.807, 2.05) is 0 Å². The van der Waals surface area contributed by atoms with Crippen molar-refractivity contribution in [2.45, 2.75) is 31.4 Å². The van der Waals surface area contributed by atoms with E-state index in [1.165, 1.54) is 0 Å². The molecule has 6 heteroatoms. The maximum atomic E-state index is 10.5. The third kappa shape index (κ3) is 4.79. The summed E-state index contributed by atoms with van der Waals surface area (Å²) >= 11 is 0. The molecule has 1 saturated heterocycles. The molecule has 0 saturated carbocycles. The van der Waals surface area contributed by atoms with E-state index in [-0.39, 0.29) is 24.7 Å². The number of aliphatic hydroxyl groups excluding tert-OH is 1. The summed E-state index contributed by atoms with van der Waals surface area (Å²) in [6, 6.07) is -0.980. The summed E-state index contributed by atoms with van der Waals surface area (Å²) in [5.74, 6) is -1.03. The van der Waals surface area contributed by atoms with Crippen LogP contribution in [0.15, 0.2) is 0 Å². The van der Waals surface area contributed by atoms with Gasteiger partial charge in [-0.2, -0.15) is 0 Å². The second-order valence-corrected chi connectivity index (χ2v) is 3.73. The standard InChI is InChI=1S/C9H17NO4.ClH/c10-7(9(12)13)4-8(11)6-2-1-3-14-5-6;/h6-8,11H,1-5,10H2,(H,12,13);1H. The second kappa shape index (κ2) is 7.00. The lowest BCUT2D eigenvalue weighted by molar-refractivity contribution is -0.139. The molecule has 1 aliphatic rings. The Kier molecular flexibility index (Phi) is 6.84. The van der Waals surface area contributed by atoms with Gasteiger partial charge in [-0.3, -0.25) is 4.79 Å². The predicted octanol–water partition coefficient (Wildman–Crippen LogP) is -0.00230. The van der Waals surface area contributed by atoms with Gasteiger partial charge in [0.25, 0.3) is 0 Å². The molecular formula is C9H18ClNO4. The van der Waals surface area contributed by atoms with Gasteiger partial charge in [0.05, 0.1) is 12.7 Å². The molecule has 3 atom stereocenters. The van der Waals surface area contributed by atoms with Gasteiger partial charge < -0.3 is 20.7 Å². The molecule has 0 bridgehead atoms. The summed E-state index contributed by atoms with van der Waals surface area (Å²) < 4.78 is 5.20. The molecule has 4 N–H and O–H groups in total. The fourth-order valence-electron chi connectivity index (χ4n) is 1.62. The van der Waals surface area contributed by atoms with E-state index in [2.05, 4.69) is 0 Å². The molecule has 15 heavy (non-hydrogen) atoms. The molecule has 0 aromatic rings. The van der Waals surface area contributed by atoms with Gasteiger partial charge in [0.15, 0.2) is 0 Å². The second-order valence-electron chi connectivity index (χ2n) is 3.73. The number of hydrogen-bond donors (Lipinski definition) is 3.